The van der Waals surface area contributed by atoms with Gasteiger partial charge in [-0.15, -0.1) is 0 Å². The molecule has 3 aromatic carbocycles. The van der Waals surface area contributed by atoms with Gasteiger partial charge in [-0.1, -0.05) is 24.6 Å². The molecule has 2 aliphatic carbocycles. The molecule has 10 nitrogen and oxygen atoms in total. The van der Waals surface area contributed by atoms with Crippen molar-refractivity contribution in [3.05, 3.63) is 75.8 Å². The first-order valence-electron chi connectivity index (χ1n) is 13.1. The first kappa shape index (κ1) is 27.9. The number of benzene rings is 3. The zero-order valence-corrected chi connectivity index (χ0v) is 23.4. The molecule has 0 aromatic heterocycles. The van der Waals surface area contributed by atoms with E-state index in [-0.39, 0.29) is 23.3 Å². The fourth-order valence-corrected chi connectivity index (χ4v) is 7.39. The number of hydrogen-bond acceptors (Lipinski definition) is 8. The van der Waals surface area contributed by atoms with E-state index in [1.165, 1.54) is 24.3 Å². The molecular formula is C29H32N2O8S. The van der Waals surface area contributed by atoms with Crippen molar-refractivity contribution in [3.8, 4) is 28.4 Å². The summed E-state index contributed by atoms with van der Waals surface area (Å²) >= 11 is 0. The van der Waals surface area contributed by atoms with E-state index in [2.05, 4.69) is 4.72 Å². The molecule has 2 aliphatic rings. The Hall–Kier alpha value is -3.67. The number of ether oxygens (including phenoxy) is 3. The maximum Gasteiger partial charge on any atom is 0.289 e. The summed E-state index contributed by atoms with van der Waals surface area (Å²) in [5.74, 6) is 1.69. The topological polar surface area (TPSA) is 137 Å². The lowest BCUT2D eigenvalue weighted by Gasteiger charge is -2.56. The zero-order chi connectivity index (χ0) is 28.7. The van der Waals surface area contributed by atoms with Crippen molar-refractivity contribution in [3.63, 3.8) is 0 Å². The van der Waals surface area contributed by atoms with E-state index in [1.807, 2.05) is 30.3 Å². The Morgan fingerprint density at radius 2 is 1.73 bits per heavy atom. The second kappa shape index (κ2) is 10.7. The minimum absolute atomic E-state index is 0.0450. The normalized spacial score (nSPS) is 20.9. The molecule has 0 spiro atoms. The number of nitro benzene ring substituents is 1. The van der Waals surface area contributed by atoms with Gasteiger partial charge in [0.25, 0.3) is 5.69 Å². The maximum atomic E-state index is 12.7. The number of rotatable bonds is 11. The van der Waals surface area contributed by atoms with Crippen LogP contribution in [0.3, 0.4) is 0 Å². The fourth-order valence-electron chi connectivity index (χ4n) is 6.15. The van der Waals surface area contributed by atoms with Crippen LogP contribution < -0.4 is 18.9 Å². The lowest BCUT2D eigenvalue weighted by Crippen LogP contribution is -2.53. The molecular weight excluding hydrogens is 536 g/mol. The van der Waals surface area contributed by atoms with E-state index in [9.17, 15) is 23.6 Å². The number of nitro groups is 1. The van der Waals surface area contributed by atoms with Crippen molar-refractivity contribution >= 4 is 15.7 Å². The van der Waals surface area contributed by atoms with E-state index in [4.69, 9.17) is 14.2 Å². The van der Waals surface area contributed by atoms with Crippen LogP contribution in [0, 0.1) is 16.0 Å². The average molecular weight is 569 g/mol. The zero-order valence-electron chi connectivity index (χ0n) is 22.5. The number of nitrogens with one attached hydrogen (secondary N) is 1. The minimum atomic E-state index is -4.03. The molecule has 0 heterocycles. The number of fused-ring (bicyclic) bond motifs is 6. The summed E-state index contributed by atoms with van der Waals surface area (Å²) in [6, 6.07) is 14.9. The highest BCUT2D eigenvalue weighted by Crippen LogP contribution is 2.65. The molecule has 0 amide bonds. The summed E-state index contributed by atoms with van der Waals surface area (Å²) in [4.78, 5) is 10.2. The third-order valence-corrected chi connectivity index (χ3v) is 9.69. The van der Waals surface area contributed by atoms with Crippen LogP contribution in [0.5, 0.6) is 17.2 Å². The molecule has 0 radical (unpaired) electrons. The van der Waals surface area contributed by atoms with Crippen molar-refractivity contribution in [1.82, 2.24) is 4.72 Å². The van der Waals surface area contributed by atoms with Gasteiger partial charge in [-0.25, -0.2) is 13.1 Å². The molecule has 5 rings (SSSR count). The van der Waals surface area contributed by atoms with Crippen molar-refractivity contribution < 1.29 is 32.7 Å². The van der Waals surface area contributed by atoms with Crippen molar-refractivity contribution in [1.29, 1.82) is 0 Å². The molecule has 11 heteroatoms. The van der Waals surface area contributed by atoms with E-state index in [1.54, 1.807) is 21.3 Å². The predicted octanol–water partition coefficient (Wildman–Crippen LogP) is 4.74. The summed E-state index contributed by atoms with van der Waals surface area (Å²) in [5, 5.41) is 23.5. The minimum Gasteiger partial charge on any atom is -0.497 e. The summed E-state index contributed by atoms with van der Waals surface area (Å²) in [6.07, 6.45) is 2.64. The van der Waals surface area contributed by atoms with Gasteiger partial charge in [-0.3, -0.25) is 10.1 Å². The van der Waals surface area contributed by atoms with Crippen LogP contribution in [0.1, 0.15) is 42.7 Å². The van der Waals surface area contributed by atoms with Crippen LogP contribution in [-0.4, -0.2) is 46.3 Å². The van der Waals surface area contributed by atoms with Gasteiger partial charge in [-0.05, 0) is 77.8 Å². The highest BCUT2D eigenvalue weighted by Gasteiger charge is 2.58. The van der Waals surface area contributed by atoms with Crippen molar-refractivity contribution in [2.75, 3.05) is 27.9 Å². The number of para-hydroxylation sites is 1. The van der Waals surface area contributed by atoms with E-state index >= 15 is 0 Å². The quantitative estimate of drug-likeness (QED) is 0.192. The highest BCUT2D eigenvalue weighted by atomic mass is 32.2. The SMILES string of the molecule is COc1ccc2c(c1)-c1cc(OC)c(OC)cc1[C@]1(O)[C@@H](CCCCNS(=O)(=O)c3ccccc3[N+](=O)[O-])C[C@H]21. The molecule has 0 bridgehead atoms. The van der Waals surface area contributed by atoms with Crippen LogP contribution in [0.4, 0.5) is 5.69 Å². The van der Waals surface area contributed by atoms with Crippen LogP contribution in [-0.2, 0) is 15.6 Å². The van der Waals surface area contributed by atoms with Gasteiger partial charge in [0.1, 0.15) is 11.4 Å². The number of unbranched alkanes of at least 4 members (excludes halogenated alkanes) is 1. The standard InChI is InChI=1S/C29H32N2O8S/c1-37-19-11-12-20-21(15-19)22-16-26(38-2)27(39-3)17-24(22)29(32)18(14-23(20)29)8-6-7-13-30-40(35,36)28-10-5-4-9-25(28)31(33)34/h4-5,9-12,15-18,23,30,32H,6-8,13-14H2,1-3H3/t18-,23+,29-/m0/s1. The van der Waals surface area contributed by atoms with Gasteiger partial charge in [0.05, 0.1) is 26.3 Å². The Morgan fingerprint density at radius 3 is 2.42 bits per heavy atom. The molecule has 212 valence electrons. The third kappa shape index (κ3) is 4.57. The number of nitrogens with zero attached hydrogens (tertiary/aromatic N) is 1. The predicted molar refractivity (Wildman–Crippen MR) is 148 cm³/mol. The van der Waals surface area contributed by atoms with Crippen LogP contribution >= 0.6 is 0 Å². The first-order valence-corrected chi connectivity index (χ1v) is 14.5. The molecule has 2 N–H and O–H groups in total. The van der Waals surface area contributed by atoms with Gasteiger partial charge in [0, 0.05) is 18.5 Å². The highest BCUT2D eigenvalue weighted by molar-refractivity contribution is 7.89. The van der Waals surface area contributed by atoms with E-state index < -0.39 is 26.2 Å². The monoisotopic (exact) mass is 568 g/mol. The first-order chi connectivity index (χ1) is 19.1. The Balaban J connectivity index is 1.32. The Labute approximate surface area is 233 Å². The summed E-state index contributed by atoms with van der Waals surface area (Å²) in [5.41, 5.74) is 2.13. The molecule has 3 aromatic rings. The molecule has 1 fully saturated rings. The molecule has 40 heavy (non-hydrogen) atoms. The second-order valence-electron chi connectivity index (χ2n) is 10.1. The van der Waals surface area contributed by atoms with Crippen molar-refractivity contribution in [2.45, 2.75) is 42.1 Å². The number of methoxy groups -OCH3 is 3. The molecule has 1 saturated carbocycles. The molecule has 0 aliphatic heterocycles. The van der Waals surface area contributed by atoms with Gasteiger partial charge >= 0.3 is 0 Å². The largest absolute Gasteiger partial charge is 0.497 e. The molecule has 0 saturated heterocycles. The summed E-state index contributed by atoms with van der Waals surface area (Å²) in [7, 11) is 0.733. The summed E-state index contributed by atoms with van der Waals surface area (Å²) < 4.78 is 44.4. The second-order valence-corrected chi connectivity index (χ2v) is 11.9. The Kier molecular flexibility index (Phi) is 7.47. The number of aliphatic hydroxyl groups is 1. The van der Waals surface area contributed by atoms with Gasteiger partial charge in [0.2, 0.25) is 10.0 Å². The van der Waals surface area contributed by atoms with Crippen LogP contribution in [0.25, 0.3) is 11.1 Å². The van der Waals surface area contributed by atoms with Gasteiger partial charge in [-0.2, -0.15) is 0 Å². The van der Waals surface area contributed by atoms with E-state index in [0.717, 1.165) is 34.4 Å². The van der Waals surface area contributed by atoms with E-state index in [0.29, 0.717) is 30.8 Å². The maximum absolute atomic E-state index is 12.7. The lowest BCUT2D eigenvalue weighted by atomic mass is 9.51. The summed E-state index contributed by atoms with van der Waals surface area (Å²) in [6.45, 7) is 0.132. The molecule has 0 unspecified atom stereocenters. The van der Waals surface area contributed by atoms with Gasteiger partial charge < -0.3 is 19.3 Å². The smallest absolute Gasteiger partial charge is 0.289 e. The third-order valence-electron chi connectivity index (χ3n) is 8.18. The van der Waals surface area contributed by atoms with Gasteiger partial charge in [0.15, 0.2) is 16.4 Å². The molecule has 3 atom stereocenters. The van der Waals surface area contributed by atoms with Crippen LogP contribution in [0.2, 0.25) is 0 Å². The fraction of sp³-hybridized carbons (Fsp3) is 0.379. The average Bonchev–Trinajstić information content (AvgIpc) is 2.96. The number of hydrogen-bond donors (Lipinski definition) is 2. The lowest BCUT2D eigenvalue weighted by molar-refractivity contribution is -0.387. The Morgan fingerprint density at radius 1 is 1.00 bits per heavy atom. The Bertz CT molecular complexity index is 1560. The van der Waals surface area contributed by atoms with Crippen molar-refractivity contribution in [2.24, 2.45) is 5.92 Å². The van der Waals surface area contributed by atoms with Crippen LogP contribution in [0.15, 0.2) is 59.5 Å². The number of sulfonamides is 1.